The Labute approximate surface area is 238 Å². The number of piperazine rings is 1. The van der Waals surface area contributed by atoms with Crippen LogP contribution in [0.4, 0.5) is 46.9 Å². The molecule has 228 valence electrons. The number of amides is 4. The predicted octanol–water partition coefficient (Wildman–Crippen LogP) is 4.66. The molecule has 2 heterocycles. The second-order valence-electron chi connectivity index (χ2n) is 9.45. The molecule has 0 aliphatic carbocycles. The van der Waals surface area contributed by atoms with E-state index >= 15 is 0 Å². The van der Waals surface area contributed by atoms with Crippen molar-refractivity contribution in [2.75, 3.05) is 30.3 Å². The van der Waals surface area contributed by atoms with E-state index in [2.05, 4.69) is 15.6 Å². The number of carbonyl (C=O) groups is 3. The monoisotopic (exact) mass is 613 g/mol. The maximum Gasteiger partial charge on any atom is 0.430 e. The summed E-state index contributed by atoms with van der Waals surface area (Å²) in [6, 6.07) is 8.45. The molecular weight excluding hydrogens is 591 g/mol. The number of rotatable bonds is 6. The van der Waals surface area contributed by atoms with Crippen LogP contribution >= 0.6 is 0 Å². The van der Waals surface area contributed by atoms with E-state index in [0.717, 1.165) is 23.1 Å². The van der Waals surface area contributed by atoms with Gasteiger partial charge in [-0.25, -0.2) is 9.18 Å². The number of carbonyl (C=O) groups excluding carboxylic acids is 3. The average molecular weight is 613 g/mol. The molecule has 4 amide bonds. The molecule has 0 radical (unpaired) electrons. The van der Waals surface area contributed by atoms with Gasteiger partial charge in [0.2, 0.25) is 5.91 Å². The first-order valence-corrected chi connectivity index (χ1v) is 12.4. The minimum absolute atomic E-state index is 0.000511. The summed E-state index contributed by atoms with van der Waals surface area (Å²) in [5.74, 6) is -2.16. The number of nitrogens with one attached hydrogen (secondary N) is 2. The maximum absolute atomic E-state index is 14.7. The summed E-state index contributed by atoms with van der Waals surface area (Å²) in [4.78, 5) is 43.9. The second kappa shape index (κ2) is 11.9. The summed E-state index contributed by atoms with van der Waals surface area (Å²) < 4.78 is 93.3. The molecule has 0 bridgehead atoms. The van der Waals surface area contributed by atoms with Crippen LogP contribution in [0.2, 0.25) is 0 Å². The van der Waals surface area contributed by atoms with Gasteiger partial charge in [0.15, 0.2) is 0 Å². The van der Waals surface area contributed by atoms with Crippen LogP contribution in [0.15, 0.2) is 67.0 Å². The van der Waals surface area contributed by atoms with Crippen molar-refractivity contribution in [1.29, 1.82) is 0 Å². The zero-order chi connectivity index (χ0) is 31.6. The van der Waals surface area contributed by atoms with Crippen LogP contribution in [0.5, 0.6) is 0 Å². The second-order valence-corrected chi connectivity index (χ2v) is 9.45. The van der Waals surface area contributed by atoms with Crippen molar-refractivity contribution in [2.45, 2.75) is 24.5 Å². The number of aromatic nitrogens is 1. The molecule has 4 rings (SSSR count). The number of halogens is 7. The van der Waals surface area contributed by atoms with E-state index in [0.29, 0.717) is 17.8 Å². The lowest BCUT2D eigenvalue weighted by Gasteiger charge is -2.35. The van der Waals surface area contributed by atoms with Crippen molar-refractivity contribution in [3.8, 4) is 0 Å². The Balaban J connectivity index is 1.36. The van der Waals surface area contributed by atoms with Crippen molar-refractivity contribution < 1.29 is 50.2 Å². The average Bonchev–Trinajstić information content (AvgIpc) is 2.94. The number of nitrogens with zero attached hydrogens (tertiary/aromatic N) is 3. The first kappa shape index (κ1) is 31.2. The Morgan fingerprint density at radius 3 is 2.07 bits per heavy atom. The summed E-state index contributed by atoms with van der Waals surface area (Å²) in [6.45, 7) is -0.637. The quantitative estimate of drug-likeness (QED) is 0.350. The molecule has 3 N–H and O–H groups in total. The number of alkyl halides is 6. The Hall–Kier alpha value is -4.73. The molecule has 9 nitrogen and oxygen atoms in total. The SMILES string of the molecule is O=C(Nc1ccncc1)Nc1ccc(C(=O)N2CCN(Cc3ccc(C(O)(C(F)(F)F)C(F)(F)F)cc3)C(=O)C2)cc1F. The van der Waals surface area contributed by atoms with Crippen molar-refractivity contribution in [2.24, 2.45) is 0 Å². The smallest absolute Gasteiger partial charge is 0.369 e. The van der Waals surface area contributed by atoms with E-state index in [1.54, 1.807) is 0 Å². The van der Waals surface area contributed by atoms with Gasteiger partial charge in [0, 0.05) is 48.8 Å². The number of anilines is 2. The van der Waals surface area contributed by atoms with Gasteiger partial charge in [-0.3, -0.25) is 14.6 Å². The van der Waals surface area contributed by atoms with Gasteiger partial charge >= 0.3 is 18.4 Å². The lowest BCUT2D eigenvalue weighted by Crippen LogP contribution is -2.54. The molecule has 1 saturated heterocycles. The molecule has 3 aromatic rings. The van der Waals surface area contributed by atoms with Crippen molar-refractivity contribution >= 4 is 29.2 Å². The molecule has 0 atom stereocenters. The minimum Gasteiger partial charge on any atom is -0.369 e. The number of benzene rings is 2. The zero-order valence-corrected chi connectivity index (χ0v) is 21.8. The van der Waals surface area contributed by atoms with Gasteiger partial charge in [0.1, 0.15) is 12.4 Å². The number of urea groups is 1. The number of aliphatic hydroxyl groups is 1. The van der Waals surface area contributed by atoms with E-state index in [4.69, 9.17) is 0 Å². The normalized spacial score (nSPS) is 14.5. The number of pyridine rings is 1. The zero-order valence-electron chi connectivity index (χ0n) is 21.8. The molecule has 1 aromatic heterocycles. The van der Waals surface area contributed by atoms with Crippen LogP contribution < -0.4 is 10.6 Å². The third-order valence-corrected chi connectivity index (χ3v) is 6.57. The summed E-state index contributed by atoms with van der Waals surface area (Å²) >= 11 is 0. The summed E-state index contributed by atoms with van der Waals surface area (Å²) in [5, 5.41) is 14.3. The molecule has 1 fully saturated rings. The van der Waals surface area contributed by atoms with Gasteiger partial charge in [-0.1, -0.05) is 24.3 Å². The number of hydrogen-bond donors (Lipinski definition) is 3. The highest BCUT2D eigenvalue weighted by atomic mass is 19.4. The molecule has 2 aromatic carbocycles. The van der Waals surface area contributed by atoms with Gasteiger partial charge in [0.05, 0.1) is 5.69 Å². The van der Waals surface area contributed by atoms with Gasteiger partial charge in [-0.15, -0.1) is 0 Å². The molecule has 0 unspecified atom stereocenters. The fourth-order valence-corrected chi connectivity index (χ4v) is 4.26. The van der Waals surface area contributed by atoms with Crippen molar-refractivity contribution in [1.82, 2.24) is 14.8 Å². The van der Waals surface area contributed by atoms with E-state index in [-0.39, 0.29) is 36.4 Å². The van der Waals surface area contributed by atoms with Crippen LogP contribution in [-0.2, 0) is 16.9 Å². The minimum atomic E-state index is -6.03. The molecule has 16 heteroatoms. The number of hydrogen-bond acceptors (Lipinski definition) is 5. The Morgan fingerprint density at radius 1 is 0.884 bits per heavy atom. The summed E-state index contributed by atoms with van der Waals surface area (Å²) in [7, 11) is 0. The molecule has 1 aliphatic heterocycles. The third-order valence-electron chi connectivity index (χ3n) is 6.57. The van der Waals surface area contributed by atoms with Crippen LogP contribution in [0.25, 0.3) is 0 Å². The van der Waals surface area contributed by atoms with Gasteiger partial charge in [-0.2, -0.15) is 26.3 Å². The van der Waals surface area contributed by atoms with Gasteiger partial charge in [0.25, 0.3) is 11.5 Å². The molecule has 43 heavy (non-hydrogen) atoms. The fraction of sp³-hybridized carbons (Fsp3) is 0.259. The Kier molecular flexibility index (Phi) is 8.62. The van der Waals surface area contributed by atoms with Gasteiger partial charge < -0.3 is 25.5 Å². The van der Waals surface area contributed by atoms with Crippen LogP contribution in [0.3, 0.4) is 0 Å². The highest BCUT2D eigenvalue weighted by Gasteiger charge is 2.71. The lowest BCUT2D eigenvalue weighted by atomic mass is 9.91. The lowest BCUT2D eigenvalue weighted by molar-refractivity contribution is -0.376. The summed E-state index contributed by atoms with van der Waals surface area (Å²) in [6.07, 6.45) is -9.16. The Bertz CT molecular complexity index is 1480. The molecule has 0 saturated carbocycles. The first-order chi connectivity index (χ1) is 20.1. The molecule has 1 aliphatic rings. The van der Waals surface area contributed by atoms with Gasteiger partial charge in [-0.05, 0) is 35.9 Å². The highest BCUT2D eigenvalue weighted by Crippen LogP contribution is 2.50. The standard InChI is InChI=1S/C27H22F7N5O4/c28-20-13-17(3-6-21(20)37-24(42)36-19-7-9-35-10-8-19)23(41)39-12-11-38(22(40)15-39)14-16-1-4-18(5-2-16)25(43,26(29,30)31)27(32,33)34/h1-10,13,43H,11-12,14-15H2,(H2,35,36,37,42). The van der Waals surface area contributed by atoms with E-state index in [1.165, 1.54) is 41.6 Å². The van der Waals surface area contributed by atoms with Crippen LogP contribution in [-0.4, -0.2) is 69.7 Å². The van der Waals surface area contributed by atoms with E-state index in [9.17, 15) is 50.2 Å². The van der Waals surface area contributed by atoms with E-state index < -0.39 is 53.7 Å². The highest BCUT2D eigenvalue weighted by molar-refractivity contribution is 6.01. The topological polar surface area (TPSA) is 115 Å². The summed E-state index contributed by atoms with van der Waals surface area (Å²) in [5.41, 5.74) is -6.21. The third kappa shape index (κ3) is 6.69. The molecule has 0 spiro atoms. The van der Waals surface area contributed by atoms with Crippen molar-refractivity contribution in [3.05, 3.63) is 89.5 Å². The molecular formula is C27H22F7N5O4. The van der Waals surface area contributed by atoms with Crippen LogP contribution in [0.1, 0.15) is 21.5 Å². The largest absolute Gasteiger partial charge is 0.430 e. The first-order valence-electron chi connectivity index (χ1n) is 12.4. The fourth-order valence-electron chi connectivity index (χ4n) is 4.26. The van der Waals surface area contributed by atoms with Crippen LogP contribution in [0, 0.1) is 5.82 Å². The van der Waals surface area contributed by atoms with Crippen molar-refractivity contribution in [3.63, 3.8) is 0 Å². The predicted molar refractivity (Wildman–Crippen MR) is 137 cm³/mol. The maximum atomic E-state index is 14.7. The van der Waals surface area contributed by atoms with E-state index in [1.807, 2.05) is 0 Å². The Morgan fingerprint density at radius 2 is 1.51 bits per heavy atom.